The predicted molar refractivity (Wildman–Crippen MR) is 72.1 cm³/mol. The van der Waals surface area contributed by atoms with Crippen LogP contribution in [0.5, 0.6) is 0 Å². The number of benzene rings is 2. The third-order valence-corrected chi connectivity index (χ3v) is 3.72. The van der Waals surface area contributed by atoms with Gasteiger partial charge in [-0.2, -0.15) is 0 Å². The fraction of sp³-hybridized carbons (Fsp3) is 0. The van der Waals surface area contributed by atoms with E-state index in [1.54, 1.807) is 6.07 Å². The fourth-order valence-corrected chi connectivity index (χ4v) is 2.30. The molecule has 1 aromatic heterocycles. The molecule has 3 aromatic rings. The summed E-state index contributed by atoms with van der Waals surface area (Å²) in [5.41, 5.74) is 2.79. The summed E-state index contributed by atoms with van der Waals surface area (Å²) in [6.45, 7) is 0. The first-order valence-corrected chi connectivity index (χ1v) is 6.00. The number of rotatable bonds is 0. The molecule has 1 heterocycles. The summed E-state index contributed by atoms with van der Waals surface area (Å²) in [6, 6.07) is 9.24. The maximum atomic E-state index is 6.11. The molecule has 0 aliphatic rings. The van der Waals surface area contributed by atoms with E-state index < -0.39 is 0 Å². The first-order chi connectivity index (χ1) is 8.16. The van der Waals surface area contributed by atoms with Gasteiger partial charge in [0.1, 0.15) is 5.52 Å². The number of para-hydroxylation sites is 2. The molecular formula is C12H5Cl3N2. The molecule has 0 aliphatic carbocycles. The lowest BCUT2D eigenvalue weighted by Gasteiger charge is -2.05. The van der Waals surface area contributed by atoms with Gasteiger partial charge in [-0.3, -0.25) is 0 Å². The van der Waals surface area contributed by atoms with Crippen LogP contribution in [0, 0.1) is 0 Å². The lowest BCUT2D eigenvalue weighted by atomic mass is 10.2. The van der Waals surface area contributed by atoms with Crippen molar-refractivity contribution in [3.05, 3.63) is 45.4 Å². The first-order valence-electron chi connectivity index (χ1n) is 4.87. The molecule has 0 atom stereocenters. The second kappa shape index (κ2) is 3.98. The van der Waals surface area contributed by atoms with Gasteiger partial charge in [-0.15, -0.1) is 0 Å². The molecule has 0 bridgehead atoms. The molecule has 2 aromatic carbocycles. The minimum absolute atomic E-state index is 0.311. The molecule has 0 saturated heterocycles. The predicted octanol–water partition coefficient (Wildman–Crippen LogP) is 4.74. The summed E-state index contributed by atoms with van der Waals surface area (Å²) in [5.74, 6) is 0. The molecule has 0 saturated carbocycles. The van der Waals surface area contributed by atoms with E-state index in [4.69, 9.17) is 34.8 Å². The van der Waals surface area contributed by atoms with Gasteiger partial charge in [-0.25, -0.2) is 9.97 Å². The summed E-state index contributed by atoms with van der Waals surface area (Å²) in [5, 5.41) is 1.03. The zero-order valence-corrected chi connectivity index (χ0v) is 10.7. The number of nitrogens with zero attached hydrogens (tertiary/aromatic N) is 2. The highest BCUT2D eigenvalue weighted by Crippen LogP contribution is 2.35. The van der Waals surface area contributed by atoms with Crippen LogP contribution in [0.3, 0.4) is 0 Å². The van der Waals surface area contributed by atoms with Gasteiger partial charge in [0.2, 0.25) is 0 Å². The van der Waals surface area contributed by atoms with Gasteiger partial charge in [0.15, 0.2) is 0 Å². The normalized spacial score (nSPS) is 11.2. The maximum Gasteiger partial charge on any atom is 0.110 e. The minimum atomic E-state index is 0.311. The largest absolute Gasteiger partial charge is 0.244 e. The van der Waals surface area contributed by atoms with Crippen molar-refractivity contribution in [2.45, 2.75) is 0 Å². The van der Waals surface area contributed by atoms with Gasteiger partial charge in [-0.05, 0) is 18.2 Å². The number of hydrogen-bond acceptors (Lipinski definition) is 2. The van der Waals surface area contributed by atoms with E-state index >= 15 is 0 Å². The Hall–Kier alpha value is -1.09. The van der Waals surface area contributed by atoms with Crippen LogP contribution in [0.1, 0.15) is 0 Å². The van der Waals surface area contributed by atoms with E-state index in [2.05, 4.69) is 9.97 Å². The van der Waals surface area contributed by atoms with Gasteiger partial charge in [0.05, 0.1) is 31.6 Å². The average molecular weight is 284 g/mol. The fourth-order valence-electron chi connectivity index (χ4n) is 1.67. The highest BCUT2D eigenvalue weighted by atomic mass is 35.5. The van der Waals surface area contributed by atoms with E-state index in [1.807, 2.05) is 24.3 Å². The van der Waals surface area contributed by atoms with Gasteiger partial charge < -0.3 is 0 Å². The third kappa shape index (κ3) is 1.73. The zero-order valence-electron chi connectivity index (χ0n) is 8.42. The van der Waals surface area contributed by atoms with Crippen molar-refractivity contribution in [3.63, 3.8) is 0 Å². The first kappa shape index (κ1) is 11.0. The molecule has 0 unspecified atom stereocenters. The summed E-state index contributed by atoms with van der Waals surface area (Å²) >= 11 is 18.0. The summed E-state index contributed by atoms with van der Waals surface area (Å²) < 4.78 is 0. The Labute approximate surface area is 112 Å². The summed E-state index contributed by atoms with van der Waals surface area (Å²) in [4.78, 5) is 8.89. The molecule has 2 nitrogen and oxygen atoms in total. The molecule has 84 valence electrons. The van der Waals surface area contributed by atoms with E-state index in [-0.39, 0.29) is 0 Å². The molecule has 0 aliphatic heterocycles. The van der Waals surface area contributed by atoms with Crippen LogP contribution in [0.2, 0.25) is 15.1 Å². The molecule has 0 fully saturated rings. The molecule has 0 radical (unpaired) electrons. The van der Waals surface area contributed by atoms with Crippen LogP contribution in [0.4, 0.5) is 0 Å². The van der Waals surface area contributed by atoms with Crippen LogP contribution in [-0.2, 0) is 0 Å². The van der Waals surface area contributed by atoms with Crippen molar-refractivity contribution in [1.82, 2.24) is 9.97 Å². The van der Waals surface area contributed by atoms with Crippen LogP contribution in [-0.4, -0.2) is 9.97 Å². The quantitative estimate of drug-likeness (QED) is 0.440. The second-order valence-corrected chi connectivity index (χ2v) is 4.73. The highest BCUT2D eigenvalue weighted by Gasteiger charge is 2.11. The molecular weight excluding hydrogens is 279 g/mol. The van der Waals surface area contributed by atoms with Crippen LogP contribution in [0.15, 0.2) is 30.3 Å². The van der Waals surface area contributed by atoms with E-state index in [9.17, 15) is 0 Å². The summed E-state index contributed by atoms with van der Waals surface area (Å²) in [7, 11) is 0. The Morgan fingerprint density at radius 3 is 2.12 bits per heavy atom. The average Bonchev–Trinajstić information content (AvgIpc) is 2.34. The van der Waals surface area contributed by atoms with Gasteiger partial charge >= 0.3 is 0 Å². The van der Waals surface area contributed by atoms with Crippen LogP contribution in [0.25, 0.3) is 22.1 Å². The minimum Gasteiger partial charge on any atom is -0.244 e. The topological polar surface area (TPSA) is 25.8 Å². The Bertz CT molecular complexity index is 740. The van der Waals surface area contributed by atoms with E-state index in [1.165, 1.54) is 0 Å². The Kier molecular flexibility index (Phi) is 2.58. The van der Waals surface area contributed by atoms with Crippen molar-refractivity contribution in [2.75, 3.05) is 0 Å². The second-order valence-electron chi connectivity index (χ2n) is 3.57. The monoisotopic (exact) mass is 282 g/mol. The SMILES string of the molecule is Clc1cc2nc3ccccc3nc2c(Cl)c1Cl. The van der Waals surface area contributed by atoms with E-state index in [0.717, 1.165) is 11.0 Å². The number of aromatic nitrogens is 2. The highest BCUT2D eigenvalue weighted by molar-refractivity contribution is 6.50. The van der Waals surface area contributed by atoms with Crippen LogP contribution >= 0.6 is 34.8 Å². The Balaban J connectivity index is 2.52. The third-order valence-electron chi connectivity index (χ3n) is 2.47. The van der Waals surface area contributed by atoms with Gasteiger partial charge in [0, 0.05) is 0 Å². The van der Waals surface area contributed by atoms with Crippen molar-refractivity contribution in [1.29, 1.82) is 0 Å². The lowest BCUT2D eigenvalue weighted by Crippen LogP contribution is -1.89. The summed E-state index contributed by atoms with van der Waals surface area (Å²) in [6.07, 6.45) is 0. The Morgan fingerprint density at radius 2 is 1.41 bits per heavy atom. The molecule has 0 N–H and O–H groups in total. The van der Waals surface area contributed by atoms with E-state index in [0.29, 0.717) is 26.1 Å². The number of hydrogen-bond donors (Lipinski definition) is 0. The van der Waals surface area contributed by atoms with Crippen LogP contribution < -0.4 is 0 Å². The Morgan fingerprint density at radius 1 is 0.765 bits per heavy atom. The number of fused-ring (bicyclic) bond motifs is 2. The van der Waals surface area contributed by atoms with Crippen molar-refractivity contribution >= 4 is 56.9 Å². The van der Waals surface area contributed by atoms with Crippen molar-refractivity contribution in [2.24, 2.45) is 0 Å². The molecule has 5 heteroatoms. The van der Waals surface area contributed by atoms with Gasteiger partial charge in [-0.1, -0.05) is 46.9 Å². The molecule has 0 spiro atoms. The standard InChI is InChI=1S/C12H5Cl3N2/c13-6-5-9-12(11(15)10(6)14)17-8-4-2-1-3-7(8)16-9/h1-5H. The lowest BCUT2D eigenvalue weighted by molar-refractivity contribution is 1.39. The smallest absolute Gasteiger partial charge is 0.110 e. The zero-order chi connectivity index (χ0) is 12.0. The number of halogens is 3. The maximum absolute atomic E-state index is 6.11. The van der Waals surface area contributed by atoms with Gasteiger partial charge in [0.25, 0.3) is 0 Å². The molecule has 0 amide bonds. The van der Waals surface area contributed by atoms with Crippen molar-refractivity contribution < 1.29 is 0 Å². The molecule has 17 heavy (non-hydrogen) atoms. The van der Waals surface area contributed by atoms with Crippen molar-refractivity contribution in [3.8, 4) is 0 Å². The molecule has 3 rings (SSSR count).